The predicted octanol–water partition coefficient (Wildman–Crippen LogP) is 0.863. The number of rotatable bonds is 3. The molecule has 1 aromatic rings. The van der Waals surface area contributed by atoms with Gasteiger partial charge < -0.3 is 10.2 Å². The third kappa shape index (κ3) is 3.31. The fraction of sp³-hybridized carbons (Fsp3) is 0.500. The van der Waals surface area contributed by atoms with Crippen molar-refractivity contribution in [3.8, 4) is 0 Å². The fourth-order valence-corrected chi connectivity index (χ4v) is 2.15. The Morgan fingerprint density at radius 1 is 1.39 bits per heavy atom. The number of nitrogens with zero attached hydrogens (tertiary/aromatic N) is 2. The molecule has 0 saturated carbocycles. The molecule has 0 spiro atoms. The molecule has 2 rings (SSSR count). The van der Waals surface area contributed by atoms with Gasteiger partial charge in [0.2, 0.25) is 5.91 Å². The Morgan fingerprint density at radius 3 is 2.78 bits per heavy atom. The largest absolute Gasteiger partial charge is 0.314 e. The number of piperazine rings is 1. The average molecular weight is 247 g/mol. The van der Waals surface area contributed by atoms with E-state index in [1.807, 2.05) is 38.2 Å². The second kappa shape index (κ2) is 5.98. The van der Waals surface area contributed by atoms with Gasteiger partial charge in [0, 0.05) is 38.9 Å². The minimum Gasteiger partial charge on any atom is -0.314 e. The molecular weight excluding hydrogens is 226 g/mol. The average Bonchev–Trinajstić information content (AvgIpc) is 2.39. The molecule has 1 saturated heterocycles. The first-order valence-corrected chi connectivity index (χ1v) is 6.43. The molecule has 1 heterocycles. The highest BCUT2D eigenvalue weighted by molar-refractivity contribution is 5.94. The normalized spacial score (nSPS) is 16.6. The predicted molar refractivity (Wildman–Crippen MR) is 73.9 cm³/mol. The number of nitrogens with one attached hydrogen (secondary N) is 1. The minimum absolute atomic E-state index is 0.155. The summed E-state index contributed by atoms with van der Waals surface area (Å²) in [6.07, 6.45) is 0. The maximum atomic E-state index is 12.2. The Labute approximate surface area is 109 Å². The van der Waals surface area contributed by atoms with Crippen LogP contribution in [0.4, 0.5) is 5.69 Å². The van der Waals surface area contributed by atoms with E-state index >= 15 is 0 Å². The smallest absolute Gasteiger partial charge is 0.240 e. The van der Waals surface area contributed by atoms with Crippen molar-refractivity contribution in [2.24, 2.45) is 0 Å². The Morgan fingerprint density at radius 2 is 2.11 bits per heavy atom. The second-order valence-electron chi connectivity index (χ2n) is 4.82. The molecule has 0 bridgehead atoms. The van der Waals surface area contributed by atoms with E-state index in [-0.39, 0.29) is 5.91 Å². The lowest BCUT2D eigenvalue weighted by Gasteiger charge is -2.28. The van der Waals surface area contributed by atoms with Crippen molar-refractivity contribution in [2.45, 2.75) is 6.92 Å². The molecule has 0 aliphatic carbocycles. The summed E-state index contributed by atoms with van der Waals surface area (Å²) < 4.78 is 0. The zero-order valence-electron chi connectivity index (χ0n) is 11.1. The molecule has 1 N–H and O–H groups in total. The Hall–Kier alpha value is -1.39. The molecule has 1 aliphatic rings. The summed E-state index contributed by atoms with van der Waals surface area (Å²) in [6, 6.07) is 8.04. The van der Waals surface area contributed by atoms with Crippen LogP contribution in [-0.2, 0) is 4.79 Å². The number of hydrogen-bond donors (Lipinski definition) is 1. The van der Waals surface area contributed by atoms with Crippen molar-refractivity contribution < 1.29 is 4.79 Å². The van der Waals surface area contributed by atoms with E-state index in [2.05, 4.69) is 10.2 Å². The molecule has 0 radical (unpaired) electrons. The van der Waals surface area contributed by atoms with Gasteiger partial charge in [-0.25, -0.2) is 0 Å². The van der Waals surface area contributed by atoms with E-state index < -0.39 is 0 Å². The van der Waals surface area contributed by atoms with Crippen molar-refractivity contribution in [3.63, 3.8) is 0 Å². The van der Waals surface area contributed by atoms with Crippen LogP contribution in [0.3, 0.4) is 0 Å². The summed E-state index contributed by atoms with van der Waals surface area (Å²) in [6.45, 7) is 6.40. The van der Waals surface area contributed by atoms with Crippen LogP contribution >= 0.6 is 0 Å². The SMILES string of the molecule is Cc1cccc(N(C)C(=O)CN2CCNCC2)c1. The van der Waals surface area contributed by atoms with Crippen LogP contribution in [0.5, 0.6) is 0 Å². The fourth-order valence-electron chi connectivity index (χ4n) is 2.15. The minimum atomic E-state index is 0.155. The highest BCUT2D eigenvalue weighted by Crippen LogP contribution is 2.14. The first-order chi connectivity index (χ1) is 8.66. The molecule has 0 atom stereocenters. The van der Waals surface area contributed by atoms with Gasteiger partial charge in [0.05, 0.1) is 6.54 Å². The molecule has 1 aromatic carbocycles. The number of benzene rings is 1. The van der Waals surface area contributed by atoms with E-state index in [4.69, 9.17) is 0 Å². The van der Waals surface area contributed by atoms with Crippen LogP contribution in [0.25, 0.3) is 0 Å². The Balaban J connectivity index is 1.95. The Bertz CT molecular complexity index is 413. The number of likely N-dealkylation sites (N-methyl/N-ethyl adjacent to an activating group) is 1. The third-order valence-corrected chi connectivity index (χ3v) is 3.33. The quantitative estimate of drug-likeness (QED) is 0.860. The first kappa shape index (κ1) is 13.1. The van der Waals surface area contributed by atoms with Gasteiger partial charge in [0.1, 0.15) is 0 Å². The summed E-state index contributed by atoms with van der Waals surface area (Å²) in [5, 5.41) is 3.29. The van der Waals surface area contributed by atoms with Crippen LogP contribution in [0.15, 0.2) is 24.3 Å². The second-order valence-corrected chi connectivity index (χ2v) is 4.82. The van der Waals surface area contributed by atoms with E-state index in [0.29, 0.717) is 6.54 Å². The maximum Gasteiger partial charge on any atom is 0.240 e. The zero-order valence-corrected chi connectivity index (χ0v) is 11.1. The molecule has 1 aliphatic heterocycles. The molecule has 4 nitrogen and oxygen atoms in total. The monoisotopic (exact) mass is 247 g/mol. The van der Waals surface area contributed by atoms with Gasteiger partial charge in [-0.2, -0.15) is 0 Å². The standard InChI is InChI=1S/C14H21N3O/c1-12-4-3-5-13(10-12)16(2)14(18)11-17-8-6-15-7-9-17/h3-5,10,15H,6-9,11H2,1-2H3. The number of carbonyl (C=O) groups excluding carboxylic acids is 1. The van der Waals surface area contributed by atoms with Gasteiger partial charge in [-0.05, 0) is 24.6 Å². The number of aryl methyl sites for hydroxylation is 1. The highest BCUT2D eigenvalue weighted by Gasteiger charge is 2.17. The number of anilines is 1. The highest BCUT2D eigenvalue weighted by atomic mass is 16.2. The van der Waals surface area contributed by atoms with Crippen LogP contribution < -0.4 is 10.2 Å². The maximum absolute atomic E-state index is 12.2. The lowest BCUT2D eigenvalue weighted by Crippen LogP contribution is -2.47. The molecule has 98 valence electrons. The summed E-state index contributed by atoms with van der Waals surface area (Å²) in [5.41, 5.74) is 2.14. The zero-order chi connectivity index (χ0) is 13.0. The summed E-state index contributed by atoms with van der Waals surface area (Å²) in [4.78, 5) is 16.1. The van der Waals surface area contributed by atoms with Crippen molar-refractivity contribution in [2.75, 3.05) is 44.7 Å². The van der Waals surface area contributed by atoms with Crippen molar-refractivity contribution in [1.29, 1.82) is 0 Å². The van der Waals surface area contributed by atoms with E-state index in [1.165, 1.54) is 5.56 Å². The summed E-state index contributed by atoms with van der Waals surface area (Å²) in [5.74, 6) is 0.155. The molecular formula is C14H21N3O. The molecule has 1 fully saturated rings. The van der Waals surface area contributed by atoms with Crippen LogP contribution in [0.2, 0.25) is 0 Å². The van der Waals surface area contributed by atoms with Crippen LogP contribution in [0.1, 0.15) is 5.56 Å². The van der Waals surface area contributed by atoms with Gasteiger partial charge in [0.15, 0.2) is 0 Å². The summed E-state index contributed by atoms with van der Waals surface area (Å²) in [7, 11) is 1.85. The van der Waals surface area contributed by atoms with E-state index in [0.717, 1.165) is 31.9 Å². The summed E-state index contributed by atoms with van der Waals surface area (Å²) >= 11 is 0. The van der Waals surface area contributed by atoms with Gasteiger partial charge >= 0.3 is 0 Å². The van der Waals surface area contributed by atoms with Gasteiger partial charge in [-0.1, -0.05) is 12.1 Å². The van der Waals surface area contributed by atoms with Gasteiger partial charge in [0.25, 0.3) is 0 Å². The molecule has 0 aromatic heterocycles. The van der Waals surface area contributed by atoms with E-state index in [1.54, 1.807) is 4.90 Å². The van der Waals surface area contributed by atoms with E-state index in [9.17, 15) is 4.79 Å². The first-order valence-electron chi connectivity index (χ1n) is 6.43. The number of amides is 1. The van der Waals surface area contributed by atoms with Crippen LogP contribution in [0, 0.1) is 6.92 Å². The third-order valence-electron chi connectivity index (χ3n) is 3.33. The van der Waals surface area contributed by atoms with Crippen LogP contribution in [-0.4, -0.2) is 50.6 Å². The van der Waals surface area contributed by atoms with Crippen molar-refractivity contribution in [3.05, 3.63) is 29.8 Å². The lowest BCUT2D eigenvalue weighted by molar-refractivity contribution is -0.119. The van der Waals surface area contributed by atoms with Crippen molar-refractivity contribution >= 4 is 11.6 Å². The Kier molecular flexibility index (Phi) is 4.33. The molecule has 1 amide bonds. The topological polar surface area (TPSA) is 35.6 Å². The number of hydrogen-bond acceptors (Lipinski definition) is 3. The van der Waals surface area contributed by atoms with Gasteiger partial charge in [-0.3, -0.25) is 9.69 Å². The van der Waals surface area contributed by atoms with Gasteiger partial charge in [-0.15, -0.1) is 0 Å². The lowest BCUT2D eigenvalue weighted by atomic mass is 10.2. The van der Waals surface area contributed by atoms with Crippen molar-refractivity contribution in [1.82, 2.24) is 10.2 Å². The molecule has 4 heteroatoms. The molecule has 18 heavy (non-hydrogen) atoms. The number of carbonyl (C=O) groups is 1. The molecule has 0 unspecified atom stereocenters.